The van der Waals surface area contributed by atoms with Crippen LogP contribution >= 0.6 is 0 Å². The molecule has 0 aromatic heterocycles. The third-order valence-corrected chi connectivity index (χ3v) is 1.69. The van der Waals surface area contributed by atoms with E-state index in [4.69, 9.17) is 5.73 Å². The first kappa shape index (κ1) is 10.6. The van der Waals surface area contributed by atoms with Gasteiger partial charge in [0.25, 0.3) is 0 Å². The number of hydrogen-bond acceptors (Lipinski definition) is 3. The van der Waals surface area contributed by atoms with Crippen LogP contribution in [0.2, 0.25) is 0 Å². The summed E-state index contributed by atoms with van der Waals surface area (Å²) in [6, 6.07) is 0. The molecule has 0 bridgehead atoms. The fraction of sp³-hybridized carbons (Fsp3) is 0.875. The number of hydrogen-bond donors (Lipinski definition) is 1. The van der Waals surface area contributed by atoms with Crippen molar-refractivity contribution in [3.05, 3.63) is 0 Å². The topological polar surface area (TPSA) is 46.3 Å². The van der Waals surface area contributed by atoms with Gasteiger partial charge in [0.2, 0.25) is 0 Å². The van der Waals surface area contributed by atoms with Gasteiger partial charge in [-0.05, 0) is 6.54 Å². The standard InChI is InChI=1S/C8H18N2O/c1-3-8(11)7-10(4-2)6-5-9/h3-7,9H2,1-2H3. The van der Waals surface area contributed by atoms with Gasteiger partial charge < -0.3 is 5.73 Å². The summed E-state index contributed by atoms with van der Waals surface area (Å²) in [6.07, 6.45) is 0.626. The molecule has 0 heterocycles. The summed E-state index contributed by atoms with van der Waals surface area (Å²) in [6.45, 7) is 6.84. The van der Waals surface area contributed by atoms with Gasteiger partial charge in [-0.2, -0.15) is 0 Å². The van der Waals surface area contributed by atoms with Gasteiger partial charge in [0.05, 0.1) is 6.54 Å². The van der Waals surface area contributed by atoms with Crippen molar-refractivity contribution in [3.8, 4) is 0 Å². The van der Waals surface area contributed by atoms with Crippen molar-refractivity contribution in [1.82, 2.24) is 4.90 Å². The van der Waals surface area contributed by atoms with Gasteiger partial charge in [-0.1, -0.05) is 13.8 Å². The summed E-state index contributed by atoms with van der Waals surface area (Å²) in [4.78, 5) is 13.0. The number of ketones is 1. The highest BCUT2D eigenvalue weighted by Crippen LogP contribution is 1.89. The molecule has 0 amide bonds. The SMILES string of the molecule is CCC(=O)CN(CC)CCN. The van der Waals surface area contributed by atoms with Gasteiger partial charge in [0.1, 0.15) is 5.78 Å². The van der Waals surface area contributed by atoms with Crippen LogP contribution in [0.25, 0.3) is 0 Å². The molecule has 66 valence electrons. The number of carbonyl (C=O) groups is 1. The van der Waals surface area contributed by atoms with Crippen molar-refractivity contribution in [2.75, 3.05) is 26.2 Å². The van der Waals surface area contributed by atoms with E-state index in [0.717, 1.165) is 13.1 Å². The minimum Gasteiger partial charge on any atom is -0.329 e. The van der Waals surface area contributed by atoms with Crippen LogP contribution in [0.3, 0.4) is 0 Å². The van der Waals surface area contributed by atoms with E-state index in [0.29, 0.717) is 25.3 Å². The lowest BCUT2D eigenvalue weighted by atomic mass is 10.3. The van der Waals surface area contributed by atoms with Crippen LogP contribution < -0.4 is 5.73 Å². The molecule has 0 rings (SSSR count). The fourth-order valence-electron chi connectivity index (χ4n) is 0.893. The largest absolute Gasteiger partial charge is 0.329 e. The molecule has 0 spiro atoms. The smallest absolute Gasteiger partial charge is 0.146 e. The number of likely N-dealkylation sites (N-methyl/N-ethyl adjacent to an activating group) is 1. The van der Waals surface area contributed by atoms with E-state index in [1.807, 2.05) is 13.8 Å². The summed E-state index contributed by atoms with van der Waals surface area (Å²) in [7, 11) is 0. The molecule has 0 aromatic carbocycles. The van der Waals surface area contributed by atoms with E-state index in [2.05, 4.69) is 4.90 Å². The lowest BCUT2D eigenvalue weighted by Gasteiger charge is -2.17. The Morgan fingerprint density at radius 3 is 2.45 bits per heavy atom. The van der Waals surface area contributed by atoms with Gasteiger partial charge in [0, 0.05) is 19.5 Å². The van der Waals surface area contributed by atoms with Crippen molar-refractivity contribution >= 4 is 5.78 Å². The molecule has 0 atom stereocenters. The maximum atomic E-state index is 11.0. The maximum absolute atomic E-state index is 11.0. The molecule has 0 fully saturated rings. The lowest BCUT2D eigenvalue weighted by molar-refractivity contribution is -0.119. The number of rotatable bonds is 6. The molecule has 0 aromatic rings. The van der Waals surface area contributed by atoms with Crippen molar-refractivity contribution < 1.29 is 4.79 Å². The van der Waals surface area contributed by atoms with Gasteiger partial charge in [-0.3, -0.25) is 9.69 Å². The van der Waals surface area contributed by atoms with E-state index in [9.17, 15) is 4.79 Å². The van der Waals surface area contributed by atoms with Gasteiger partial charge in [-0.25, -0.2) is 0 Å². The van der Waals surface area contributed by atoms with E-state index < -0.39 is 0 Å². The highest BCUT2D eigenvalue weighted by Gasteiger charge is 2.04. The Kier molecular flexibility index (Phi) is 6.07. The molecule has 0 radical (unpaired) electrons. The minimum atomic E-state index is 0.292. The van der Waals surface area contributed by atoms with E-state index in [1.54, 1.807) is 0 Å². The summed E-state index contributed by atoms with van der Waals surface area (Å²) in [5.41, 5.74) is 5.37. The predicted molar refractivity (Wildman–Crippen MR) is 46.5 cm³/mol. The summed E-state index contributed by atoms with van der Waals surface area (Å²) < 4.78 is 0. The molecule has 0 aliphatic heterocycles. The molecular formula is C8H18N2O. The highest BCUT2D eigenvalue weighted by molar-refractivity contribution is 5.80. The quantitative estimate of drug-likeness (QED) is 0.602. The lowest BCUT2D eigenvalue weighted by Crippen LogP contribution is -2.33. The number of carbonyl (C=O) groups excluding carboxylic acids is 1. The Morgan fingerprint density at radius 2 is 2.09 bits per heavy atom. The van der Waals surface area contributed by atoms with Crippen molar-refractivity contribution in [1.29, 1.82) is 0 Å². The number of nitrogens with zero attached hydrogens (tertiary/aromatic N) is 1. The monoisotopic (exact) mass is 158 g/mol. The van der Waals surface area contributed by atoms with Gasteiger partial charge in [-0.15, -0.1) is 0 Å². The average molecular weight is 158 g/mol. The van der Waals surface area contributed by atoms with Crippen LogP contribution in [0.15, 0.2) is 0 Å². The second-order valence-electron chi connectivity index (χ2n) is 2.55. The van der Waals surface area contributed by atoms with Crippen LogP contribution in [0.5, 0.6) is 0 Å². The normalized spacial score (nSPS) is 10.5. The number of Topliss-reactive ketones (excluding diaryl/α,β-unsaturated/α-hetero) is 1. The first-order chi connectivity index (χ1) is 5.24. The van der Waals surface area contributed by atoms with Crippen LogP contribution in [-0.4, -0.2) is 36.9 Å². The molecule has 11 heavy (non-hydrogen) atoms. The van der Waals surface area contributed by atoms with Crippen LogP contribution in [0.4, 0.5) is 0 Å². The summed E-state index contributed by atoms with van der Waals surface area (Å²) >= 11 is 0. The summed E-state index contributed by atoms with van der Waals surface area (Å²) in [5.74, 6) is 0.292. The van der Waals surface area contributed by atoms with Crippen molar-refractivity contribution in [2.45, 2.75) is 20.3 Å². The predicted octanol–water partition coefficient (Wildman–Crippen LogP) is 0.246. The third-order valence-electron chi connectivity index (χ3n) is 1.69. The third kappa shape index (κ3) is 4.93. The molecule has 0 aliphatic rings. The van der Waals surface area contributed by atoms with Crippen LogP contribution in [0.1, 0.15) is 20.3 Å². The van der Waals surface area contributed by atoms with Crippen molar-refractivity contribution in [2.24, 2.45) is 5.73 Å². The second-order valence-corrected chi connectivity index (χ2v) is 2.55. The first-order valence-electron chi connectivity index (χ1n) is 4.18. The molecule has 0 saturated heterocycles. The van der Waals surface area contributed by atoms with Crippen LogP contribution in [-0.2, 0) is 4.79 Å². The summed E-state index contributed by atoms with van der Waals surface area (Å²) in [5, 5.41) is 0. The minimum absolute atomic E-state index is 0.292. The van der Waals surface area contributed by atoms with Gasteiger partial charge in [0.15, 0.2) is 0 Å². The van der Waals surface area contributed by atoms with E-state index in [1.165, 1.54) is 0 Å². The Balaban J connectivity index is 3.58. The molecule has 0 aliphatic carbocycles. The Hall–Kier alpha value is -0.410. The van der Waals surface area contributed by atoms with Crippen LogP contribution in [0, 0.1) is 0 Å². The molecule has 0 unspecified atom stereocenters. The van der Waals surface area contributed by atoms with Gasteiger partial charge >= 0.3 is 0 Å². The van der Waals surface area contributed by atoms with E-state index >= 15 is 0 Å². The Bertz CT molecular complexity index is 115. The zero-order valence-corrected chi connectivity index (χ0v) is 7.47. The maximum Gasteiger partial charge on any atom is 0.146 e. The first-order valence-corrected chi connectivity index (χ1v) is 4.18. The molecule has 0 saturated carbocycles. The van der Waals surface area contributed by atoms with E-state index in [-0.39, 0.29) is 0 Å². The highest BCUT2D eigenvalue weighted by atomic mass is 16.1. The zero-order valence-electron chi connectivity index (χ0n) is 7.47. The number of nitrogens with two attached hydrogens (primary N) is 1. The molecular weight excluding hydrogens is 140 g/mol. The van der Waals surface area contributed by atoms with Crippen molar-refractivity contribution in [3.63, 3.8) is 0 Å². The average Bonchev–Trinajstić information content (AvgIpc) is 2.03. The molecule has 3 heteroatoms. The Morgan fingerprint density at radius 1 is 1.45 bits per heavy atom. The molecule has 2 N–H and O–H groups in total. The molecule has 3 nitrogen and oxygen atoms in total. The fourth-order valence-corrected chi connectivity index (χ4v) is 0.893. The second kappa shape index (κ2) is 6.31. The Labute approximate surface area is 68.6 Å². The zero-order chi connectivity index (χ0) is 8.69.